The molecule has 1 saturated heterocycles. The quantitative estimate of drug-likeness (QED) is 0.637. The van der Waals surface area contributed by atoms with Gasteiger partial charge in [0.2, 0.25) is 11.2 Å². The second-order valence-electron chi connectivity index (χ2n) is 7.69. The third-order valence-corrected chi connectivity index (χ3v) is 9.53. The Hall–Kier alpha value is -1.18. The molecule has 134 valence electrons. The zero-order valence-corrected chi connectivity index (χ0v) is 16.9. The average molecular weight is 371 g/mol. The van der Waals surface area contributed by atoms with Crippen molar-refractivity contribution in [3.05, 3.63) is 17.5 Å². The van der Waals surface area contributed by atoms with Crippen molar-refractivity contribution >= 4 is 31.6 Å². The van der Waals surface area contributed by atoms with Gasteiger partial charge in [-0.15, -0.1) is 0 Å². The van der Waals surface area contributed by atoms with Crippen LogP contribution >= 0.6 is 11.6 Å². The summed E-state index contributed by atoms with van der Waals surface area (Å²) < 4.78 is 6.41. The average Bonchev–Trinajstić information content (AvgIpc) is 2.91. The van der Waals surface area contributed by atoms with Gasteiger partial charge in [0.15, 0.2) is 8.32 Å². The molecule has 0 unspecified atom stereocenters. The molecule has 0 aliphatic carbocycles. The number of carbonyl (C=O) groups is 1. The van der Waals surface area contributed by atoms with Crippen molar-refractivity contribution in [1.82, 2.24) is 14.9 Å². The first-order chi connectivity index (χ1) is 11.1. The molecule has 1 fully saturated rings. The van der Waals surface area contributed by atoms with E-state index in [0.29, 0.717) is 12.4 Å². The molecule has 0 aromatic carbocycles. The Bertz CT molecular complexity index is 592. The number of halogens is 1. The van der Waals surface area contributed by atoms with Gasteiger partial charge in [-0.05, 0) is 42.2 Å². The molecule has 0 spiro atoms. The van der Waals surface area contributed by atoms with Gasteiger partial charge in [0, 0.05) is 19.3 Å². The van der Waals surface area contributed by atoms with Crippen LogP contribution in [0.25, 0.3) is 0 Å². The maximum Gasteiger partial charge on any atom is 0.242 e. The summed E-state index contributed by atoms with van der Waals surface area (Å²) in [5.74, 6) is 0.600. The van der Waals surface area contributed by atoms with Gasteiger partial charge in [-0.1, -0.05) is 20.8 Å². The zero-order chi connectivity index (χ0) is 18.0. The Labute approximate surface area is 150 Å². The molecule has 24 heavy (non-hydrogen) atoms. The molecular weight excluding hydrogens is 344 g/mol. The molecule has 1 aromatic heterocycles. The Kier molecular flexibility index (Phi) is 5.88. The molecule has 1 N–H and O–H groups in total. The molecule has 1 aromatic rings. The summed E-state index contributed by atoms with van der Waals surface area (Å²) in [5, 5.41) is 3.33. The van der Waals surface area contributed by atoms with E-state index in [2.05, 4.69) is 49.1 Å². The Morgan fingerprint density at radius 1 is 1.50 bits per heavy atom. The van der Waals surface area contributed by atoms with Crippen LogP contribution in [-0.4, -0.2) is 54.8 Å². The summed E-state index contributed by atoms with van der Waals surface area (Å²) in [6, 6.07) is 1.69. The fourth-order valence-electron chi connectivity index (χ4n) is 2.36. The fourth-order valence-corrected chi connectivity index (χ4v) is 3.88. The molecule has 2 heterocycles. The topological polar surface area (TPSA) is 67.3 Å². The number of aromatic nitrogens is 2. The highest BCUT2D eigenvalue weighted by Gasteiger charge is 2.40. The second-order valence-corrected chi connectivity index (χ2v) is 12.8. The summed E-state index contributed by atoms with van der Waals surface area (Å²) in [5.41, 5.74) is 0. The van der Waals surface area contributed by atoms with Crippen molar-refractivity contribution in [3.63, 3.8) is 0 Å². The van der Waals surface area contributed by atoms with Gasteiger partial charge < -0.3 is 14.6 Å². The van der Waals surface area contributed by atoms with Gasteiger partial charge in [0.25, 0.3) is 0 Å². The predicted octanol–water partition coefficient (Wildman–Crippen LogP) is 3.16. The van der Waals surface area contributed by atoms with Gasteiger partial charge in [-0.3, -0.25) is 4.79 Å². The fraction of sp³-hybridized carbons (Fsp3) is 0.688. The van der Waals surface area contributed by atoms with E-state index in [4.69, 9.17) is 16.0 Å². The van der Waals surface area contributed by atoms with Crippen molar-refractivity contribution in [2.75, 3.05) is 25.0 Å². The van der Waals surface area contributed by atoms with E-state index < -0.39 is 8.32 Å². The van der Waals surface area contributed by atoms with Crippen LogP contribution in [-0.2, 0) is 9.22 Å². The summed E-state index contributed by atoms with van der Waals surface area (Å²) >= 11 is 5.73. The lowest BCUT2D eigenvalue weighted by atomic mass is 10.2. The number of anilines is 1. The first kappa shape index (κ1) is 19.1. The first-order valence-electron chi connectivity index (χ1n) is 8.26. The van der Waals surface area contributed by atoms with E-state index in [1.807, 2.05) is 4.90 Å². The van der Waals surface area contributed by atoms with Crippen LogP contribution in [0.4, 0.5) is 5.82 Å². The number of hydrogen-bond acceptors (Lipinski definition) is 5. The second kappa shape index (κ2) is 7.37. The number of nitrogens with one attached hydrogen (secondary N) is 1. The Morgan fingerprint density at radius 2 is 2.21 bits per heavy atom. The molecular formula is C16H27ClN4O2Si. The molecule has 1 amide bonds. The molecule has 0 saturated carbocycles. The molecule has 8 heteroatoms. The molecule has 6 nitrogen and oxygen atoms in total. The maximum absolute atomic E-state index is 12.4. The molecule has 0 bridgehead atoms. The highest BCUT2D eigenvalue weighted by atomic mass is 35.5. The van der Waals surface area contributed by atoms with E-state index in [-0.39, 0.29) is 28.9 Å². The number of carbonyl (C=O) groups excluding carboxylic acids is 1. The van der Waals surface area contributed by atoms with Crippen LogP contribution in [0, 0.1) is 0 Å². The van der Waals surface area contributed by atoms with Gasteiger partial charge in [0.1, 0.15) is 5.82 Å². The van der Waals surface area contributed by atoms with Gasteiger partial charge in [-0.2, -0.15) is 0 Å². The highest BCUT2D eigenvalue weighted by Crippen LogP contribution is 2.38. The van der Waals surface area contributed by atoms with E-state index in [1.165, 1.54) is 0 Å². The summed E-state index contributed by atoms with van der Waals surface area (Å²) in [6.45, 7) is 12.8. The van der Waals surface area contributed by atoms with Gasteiger partial charge in [-0.25, -0.2) is 9.97 Å². The smallest absolute Gasteiger partial charge is 0.242 e. The van der Waals surface area contributed by atoms with Crippen LogP contribution in [0.15, 0.2) is 12.3 Å². The van der Waals surface area contributed by atoms with Crippen LogP contribution in [0.1, 0.15) is 27.2 Å². The van der Waals surface area contributed by atoms with Crippen molar-refractivity contribution in [2.45, 2.75) is 51.4 Å². The van der Waals surface area contributed by atoms with Crippen molar-refractivity contribution in [1.29, 1.82) is 0 Å². The van der Waals surface area contributed by atoms with Crippen molar-refractivity contribution in [2.24, 2.45) is 0 Å². The van der Waals surface area contributed by atoms with Gasteiger partial charge >= 0.3 is 0 Å². The predicted molar refractivity (Wildman–Crippen MR) is 98.8 cm³/mol. The maximum atomic E-state index is 12.4. The lowest BCUT2D eigenvalue weighted by Crippen LogP contribution is -2.45. The highest BCUT2D eigenvalue weighted by molar-refractivity contribution is 6.74. The summed E-state index contributed by atoms with van der Waals surface area (Å²) in [4.78, 5) is 22.0. The normalized spacial score (nSPS) is 18.8. The van der Waals surface area contributed by atoms with E-state index in [1.54, 1.807) is 12.3 Å². The zero-order valence-electron chi connectivity index (χ0n) is 15.1. The Balaban J connectivity index is 1.83. The third kappa shape index (κ3) is 4.91. The summed E-state index contributed by atoms with van der Waals surface area (Å²) in [6.07, 6.45) is 2.60. The van der Waals surface area contributed by atoms with Crippen molar-refractivity contribution in [3.8, 4) is 0 Å². The number of nitrogens with zero attached hydrogens (tertiary/aromatic N) is 3. The Morgan fingerprint density at radius 3 is 2.83 bits per heavy atom. The van der Waals surface area contributed by atoms with E-state index in [9.17, 15) is 4.79 Å². The third-order valence-electron chi connectivity index (χ3n) is 4.81. The van der Waals surface area contributed by atoms with E-state index >= 15 is 0 Å². The van der Waals surface area contributed by atoms with Crippen LogP contribution in [0.5, 0.6) is 0 Å². The van der Waals surface area contributed by atoms with Crippen molar-refractivity contribution < 1.29 is 9.22 Å². The number of amides is 1. The molecule has 0 radical (unpaired) electrons. The minimum Gasteiger partial charge on any atom is -0.412 e. The minimum absolute atomic E-state index is 0.0473. The SMILES string of the molecule is CC(C)(C)[Si](C)(C)O[C@@H]1CCN(C(=O)CNc2ccnc(Cl)n2)C1. The monoisotopic (exact) mass is 370 g/mol. The lowest BCUT2D eigenvalue weighted by molar-refractivity contribution is -0.128. The number of rotatable bonds is 5. The summed E-state index contributed by atoms with van der Waals surface area (Å²) in [7, 11) is -1.80. The number of likely N-dealkylation sites (tertiary alicyclic amines) is 1. The van der Waals surface area contributed by atoms with Crippen LogP contribution < -0.4 is 5.32 Å². The van der Waals surface area contributed by atoms with Crippen LogP contribution in [0.2, 0.25) is 23.4 Å². The largest absolute Gasteiger partial charge is 0.412 e. The van der Waals surface area contributed by atoms with E-state index in [0.717, 1.165) is 13.0 Å². The number of hydrogen-bond donors (Lipinski definition) is 1. The molecule has 2 rings (SSSR count). The molecule has 1 aliphatic rings. The standard InChI is InChI=1S/C16H27ClN4O2Si/c1-16(2,3)24(4,5)23-12-7-9-21(11-12)14(22)10-19-13-6-8-18-15(17)20-13/h6,8,12H,7,9-11H2,1-5H3,(H,18,19,20)/t12-/m1/s1. The lowest BCUT2D eigenvalue weighted by Gasteiger charge is -2.38. The first-order valence-corrected chi connectivity index (χ1v) is 11.5. The minimum atomic E-state index is -1.80. The molecule has 1 aliphatic heterocycles. The van der Waals surface area contributed by atoms with Crippen LogP contribution in [0.3, 0.4) is 0 Å². The van der Waals surface area contributed by atoms with Gasteiger partial charge in [0.05, 0.1) is 12.6 Å². The molecule has 1 atom stereocenters.